The Labute approximate surface area is 90.5 Å². The van der Waals surface area contributed by atoms with Crippen molar-refractivity contribution in [2.45, 2.75) is 25.8 Å². The molecule has 1 fully saturated rings. The quantitative estimate of drug-likeness (QED) is 0.765. The van der Waals surface area contributed by atoms with Crippen molar-refractivity contribution in [1.29, 1.82) is 0 Å². The summed E-state index contributed by atoms with van der Waals surface area (Å²) in [6.45, 7) is 3.17. The second kappa shape index (κ2) is 5.47. The van der Waals surface area contributed by atoms with E-state index in [1.165, 1.54) is 18.5 Å². The first-order chi connectivity index (χ1) is 5.36. The molecule has 1 aliphatic rings. The molecule has 0 radical (unpaired) electrons. The minimum atomic E-state index is 0. The number of rotatable bonds is 1. The third kappa shape index (κ3) is 2.86. The molecule has 0 amide bonds. The van der Waals surface area contributed by atoms with Gasteiger partial charge in [0.1, 0.15) is 0 Å². The lowest BCUT2D eigenvalue weighted by Crippen LogP contribution is -2.12. The van der Waals surface area contributed by atoms with Crippen LogP contribution in [-0.2, 0) is 0 Å². The average molecular weight is 224 g/mol. The van der Waals surface area contributed by atoms with Gasteiger partial charge in [-0.05, 0) is 32.4 Å². The van der Waals surface area contributed by atoms with Crippen molar-refractivity contribution in [1.82, 2.24) is 15.5 Å². The van der Waals surface area contributed by atoms with E-state index < -0.39 is 0 Å². The summed E-state index contributed by atoms with van der Waals surface area (Å²) >= 11 is 0. The lowest BCUT2D eigenvalue weighted by Gasteiger charge is -2.03. The number of aromatic nitrogens is 2. The lowest BCUT2D eigenvalue weighted by atomic mass is 10.1. The number of hydrogen-bond acceptors (Lipinski definition) is 2. The highest BCUT2D eigenvalue weighted by atomic mass is 35.5. The molecule has 0 spiro atoms. The van der Waals surface area contributed by atoms with Gasteiger partial charge < -0.3 is 5.32 Å². The van der Waals surface area contributed by atoms with Gasteiger partial charge in [0.15, 0.2) is 0 Å². The predicted octanol–water partition coefficient (Wildman–Crippen LogP) is 1.99. The molecule has 1 aromatic heterocycles. The number of nitrogens with one attached hydrogen (secondary N) is 2. The van der Waals surface area contributed by atoms with Gasteiger partial charge in [-0.15, -0.1) is 24.8 Å². The number of halogens is 2. The van der Waals surface area contributed by atoms with Crippen molar-refractivity contribution in [3.8, 4) is 0 Å². The maximum absolute atomic E-state index is 4.21. The van der Waals surface area contributed by atoms with E-state index >= 15 is 0 Å². The fraction of sp³-hybridized carbons (Fsp3) is 0.625. The first kappa shape index (κ1) is 12.8. The smallest absolute Gasteiger partial charge is 0.0794 e. The Hall–Kier alpha value is -0.250. The molecule has 2 N–H and O–H groups in total. The lowest BCUT2D eigenvalue weighted by molar-refractivity contribution is 0.625. The van der Waals surface area contributed by atoms with Crippen LogP contribution in [0.2, 0.25) is 0 Å². The molecule has 2 rings (SSSR count). The molecule has 1 unspecified atom stereocenters. The Morgan fingerprint density at radius 1 is 1.46 bits per heavy atom. The van der Waals surface area contributed by atoms with E-state index in [2.05, 4.69) is 21.6 Å². The van der Waals surface area contributed by atoms with Gasteiger partial charge in [-0.2, -0.15) is 5.10 Å². The van der Waals surface area contributed by atoms with E-state index in [4.69, 9.17) is 0 Å². The van der Waals surface area contributed by atoms with Crippen molar-refractivity contribution < 1.29 is 0 Å². The summed E-state index contributed by atoms with van der Waals surface area (Å²) < 4.78 is 0. The van der Waals surface area contributed by atoms with Crippen molar-refractivity contribution in [2.75, 3.05) is 6.54 Å². The van der Waals surface area contributed by atoms with E-state index in [9.17, 15) is 0 Å². The Morgan fingerprint density at radius 2 is 2.23 bits per heavy atom. The van der Waals surface area contributed by atoms with Gasteiger partial charge in [0, 0.05) is 5.69 Å². The molecule has 0 aliphatic carbocycles. The van der Waals surface area contributed by atoms with Gasteiger partial charge in [-0.25, -0.2) is 0 Å². The van der Waals surface area contributed by atoms with Crippen molar-refractivity contribution in [3.63, 3.8) is 0 Å². The van der Waals surface area contributed by atoms with Crippen LogP contribution in [0.25, 0.3) is 0 Å². The van der Waals surface area contributed by atoms with Crippen LogP contribution in [0.15, 0.2) is 6.07 Å². The van der Waals surface area contributed by atoms with Crippen molar-refractivity contribution >= 4 is 24.8 Å². The molecule has 76 valence electrons. The van der Waals surface area contributed by atoms with Crippen LogP contribution in [-0.4, -0.2) is 16.7 Å². The van der Waals surface area contributed by atoms with Crippen molar-refractivity contribution in [3.05, 3.63) is 17.5 Å². The first-order valence-electron chi connectivity index (χ1n) is 4.11. The van der Waals surface area contributed by atoms with Gasteiger partial charge >= 0.3 is 0 Å². The maximum atomic E-state index is 4.21. The van der Waals surface area contributed by atoms with Gasteiger partial charge in [-0.3, -0.25) is 5.10 Å². The maximum Gasteiger partial charge on any atom is 0.0794 e. The number of aryl methyl sites for hydroxylation is 1. The molecule has 13 heavy (non-hydrogen) atoms. The monoisotopic (exact) mass is 223 g/mol. The minimum absolute atomic E-state index is 0. The van der Waals surface area contributed by atoms with Crippen molar-refractivity contribution in [2.24, 2.45) is 0 Å². The van der Waals surface area contributed by atoms with Crippen LogP contribution >= 0.6 is 24.8 Å². The molecular formula is C8H15Cl2N3. The molecule has 1 aromatic rings. The van der Waals surface area contributed by atoms with Crippen LogP contribution in [0.5, 0.6) is 0 Å². The second-order valence-corrected chi connectivity index (χ2v) is 3.12. The van der Waals surface area contributed by atoms with Crippen LogP contribution in [0.3, 0.4) is 0 Å². The van der Waals surface area contributed by atoms with E-state index in [1.54, 1.807) is 0 Å². The Balaban J connectivity index is 0.000000720. The van der Waals surface area contributed by atoms with E-state index in [0.717, 1.165) is 12.2 Å². The fourth-order valence-electron chi connectivity index (χ4n) is 1.55. The molecule has 0 bridgehead atoms. The summed E-state index contributed by atoms with van der Waals surface area (Å²) in [6, 6.07) is 2.61. The summed E-state index contributed by atoms with van der Waals surface area (Å²) in [4.78, 5) is 0. The van der Waals surface area contributed by atoms with Gasteiger partial charge in [-0.1, -0.05) is 0 Å². The summed E-state index contributed by atoms with van der Waals surface area (Å²) in [7, 11) is 0. The SMILES string of the molecule is Cc1cc(C2CCCN2)n[nH]1.Cl.Cl. The molecule has 1 aliphatic heterocycles. The Bertz CT molecular complexity index is 243. The van der Waals surface area contributed by atoms with Crippen LogP contribution in [0.4, 0.5) is 0 Å². The molecule has 1 atom stereocenters. The zero-order chi connectivity index (χ0) is 7.68. The summed E-state index contributed by atoms with van der Waals surface area (Å²) in [5.74, 6) is 0. The van der Waals surface area contributed by atoms with Crippen LogP contribution in [0, 0.1) is 6.92 Å². The minimum Gasteiger partial charge on any atom is -0.309 e. The second-order valence-electron chi connectivity index (χ2n) is 3.12. The van der Waals surface area contributed by atoms with Gasteiger partial charge in [0.2, 0.25) is 0 Å². The zero-order valence-electron chi connectivity index (χ0n) is 7.54. The standard InChI is InChI=1S/C8H13N3.2ClH/c1-6-5-8(11-10-6)7-3-2-4-9-7;;/h5,7,9H,2-4H2,1H3,(H,10,11);2*1H. The molecular weight excluding hydrogens is 209 g/mol. The highest BCUT2D eigenvalue weighted by Crippen LogP contribution is 2.20. The largest absolute Gasteiger partial charge is 0.309 e. The molecule has 1 saturated heterocycles. The summed E-state index contributed by atoms with van der Waals surface area (Å²) in [6.07, 6.45) is 2.50. The number of aromatic amines is 1. The first-order valence-corrected chi connectivity index (χ1v) is 4.11. The van der Waals surface area contributed by atoms with E-state index in [0.29, 0.717) is 6.04 Å². The summed E-state index contributed by atoms with van der Waals surface area (Å²) in [5, 5.41) is 10.6. The van der Waals surface area contributed by atoms with Gasteiger partial charge in [0.25, 0.3) is 0 Å². The highest BCUT2D eigenvalue weighted by Gasteiger charge is 2.17. The average Bonchev–Trinajstić information content (AvgIpc) is 2.55. The normalized spacial score (nSPS) is 20.5. The van der Waals surface area contributed by atoms with Crippen LogP contribution in [0.1, 0.15) is 30.3 Å². The Kier molecular flexibility index (Phi) is 5.37. The number of H-pyrrole nitrogens is 1. The molecule has 0 aromatic carbocycles. The highest BCUT2D eigenvalue weighted by molar-refractivity contribution is 5.85. The third-order valence-corrected chi connectivity index (χ3v) is 2.14. The molecule has 0 saturated carbocycles. The topological polar surface area (TPSA) is 40.7 Å². The molecule has 5 heteroatoms. The summed E-state index contributed by atoms with van der Waals surface area (Å²) in [5.41, 5.74) is 2.31. The number of hydrogen-bond donors (Lipinski definition) is 2. The van der Waals surface area contributed by atoms with E-state index in [-0.39, 0.29) is 24.8 Å². The third-order valence-electron chi connectivity index (χ3n) is 2.14. The molecule has 3 nitrogen and oxygen atoms in total. The van der Waals surface area contributed by atoms with E-state index in [1.807, 2.05) is 6.92 Å². The predicted molar refractivity (Wildman–Crippen MR) is 57.8 cm³/mol. The Morgan fingerprint density at radius 3 is 2.69 bits per heavy atom. The van der Waals surface area contributed by atoms with Crippen LogP contribution < -0.4 is 5.32 Å². The van der Waals surface area contributed by atoms with Gasteiger partial charge in [0.05, 0.1) is 11.7 Å². The fourth-order valence-corrected chi connectivity index (χ4v) is 1.55. The zero-order valence-corrected chi connectivity index (χ0v) is 9.17. The number of nitrogens with zero attached hydrogens (tertiary/aromatic N) is 1. The molecule has 2 heterocycles.